The molecule has 0 spiro atoms. The number of allylic oxidation sites excluding steroid dienone is 1. The molecule has 0 N–H and O–H groups in total. The molecule has 17 heavy (non-hydrogen) atoms. The third-order valence-corrected chi connectivity index (χ3v) is 3.01. The Labute approximate surface area is 107 Å². The summed E-state index contributed by atoms with van der Waals surface area (Å²) in [6, 6.07) is 1.69. The number of halogens is 1. The predicted molar refractivity (Wildman–Crippen MR) is 67.5 cm³/mol. The van der Waals surface area contributed by atoms with Crippen LogP contribution in [-0.4, -0.2) is 25.3 Å². The van der Waals surface area contributed by atoms with Crippen molar-refractivity contribution < 1.29 is 4.79 Å². The van der Waals surface area contributed by atoms with Gasteiger partial charge in [0.1, 0.15) is 5.69 Å². The van der Waals surface area contributed by atoms with Crippen LogP contribution in [0.1, 0.15) is 16.2 Å². The summed E-state index contributed by atoms with van der Waals surface area (Å²) in [6.45, 7) is 0. The summed E-state index contributed by atoms with van der Waals surface area (Å²) in [6.07, 6.45) is 6.53. The van der Waals surface area contributed by atoms with E-state index in [2.05, 4.69) is 26.1 Å². The Morgan fingerprint density at radius 2 is 2.12 bits per heavy atom. The number of nitrogens with zero attached hydrogens (tertiary/aromatic N) is 4. The van der Waals surface area contributed by atoms with Gasteiger partial charge in [-0.15, -0.1) is 0 Å². The standard InChI is InChI=1S/C11H11BrN4O/c1-15-9(8(12)7-14-15)3-4-11(17)10-5-6-13-16(10)2/h3-7H,1-2H3/b4-3+. The second kappa shape index (κ2) is 4.67. The number of aromatic nitrogens is 4. The van der Waals surface area contributed by atoms with Gasteiger partial charge in [0.2, 0.25) is 5.78 Å². The van der Waals surface area contributed by atoms with Crippen molar-refractivity contribution in [2.75, 3.05) is 0 Å². The largest absolute Gasteiger partial charge is 0.288 e. The van der Waals surface area contributed by atoms with E-state index in [0.717, 1.165) is 10.2 Å². The molecule has 0 bridgehead atoms. The molecule has 6 heteroatoms. The highest BCUT2D eigenvalue weighted by molar-refractivity contribution is 9.10. The lowest BCUT2D eigenvalue weighted by Crippen LogP contribution is -2.04. The zero-order valence-electron chi connectivity index (χ0n) is 9.46. The van der Waals surface area contributed by atoms with Crippen LogP contribution in [0.3, 0.4) is 0 Å². The molecule has 0 saturated carbocycles. The highest BCUT2D eigenvalue weighted by Gasteiger charge is 2.07. The highest BCUT2D eigenvalue weighted by Crippen LogP contribution is 2.16. The molecule has 2 aromatic rings. The van der Waals surface area contributed by atoms with Crippen LogP contribution in [0.4, 0.5) is 0 Å². The molecule has 2 aromatic heterocycles. The Bertz CT molecular complexity index is 563. The van der Waals surface area contributed by atoms with Crippen LogP contribution < -0.4 is 0 Å². The minimum absolute atomic E-state index is 0.0851. The van der Waals surface area contributed by atoms with Gasteiger partial charge >= 0.3 is 0 Å². The summed E-state index contributed by atoms with van der Waals surface area (Å²) in [4.78, 5) is 11.9. The Morgan fingerprint density at radius 3 is 2.65 bits per heavy atom. The van der Waals surface area contributed by atoms with E-state index in [1.54, 1.807) is 40.9 Å². The Hall–Kier alpha value is -1.69. The Morgan fingerprint density at radius 1 is 1.35 bits per heavy atom. The van der Waals surface area contributed by atoms with E-state index in [1.165, 1.54) is 6.08 Å². The summed E-state index contributed by atoms with van der Waals surface area (Å²) in [5, 5.41) is 8.02. The van der Waals surface area contributed by atoms with Gasteiger partial charge in [0.15, 0.2) is 0 Å². The van der Waals surface area contributed by atoms with Crippen molar-refractivity contribution >= 4 is 27.8 Å². The third kappa shape index (κ3) is 2.36. The second-order valence-electron chi connectivity index (χ2n) is 3.54. The van der Waals surface area contributed by atoms with Crippen LogP contribution in [0, 0.1) is 0 Å². The van der Waals surface area contributed by atoms with Gasteiger partial charge in [-0.1, -0.05) is 0 Å². The molecule has 0 fully saturated rings. The molecule has 0 aliphatic rings. The van der Waals surface area contributed by atoms with Crippen molar-refractivity contribution in [3.63, 3.8) is 0 Å². The Balaban J connectivity index is 2.23. The average molecular weight is 295 g/mol. The number of carbonyl (C=O) groups is 1. The molecule has 0 radical (unpaired) electrons. The molecule has 0 unspecified atom stereocenters. The minimum Gasteiger partial charge on any atom is -0.288 e. The summed E-state index contributed by atoms with van der Waals surface area (Å²) in [5.74, 6) is -0.0851. The van der Waals surface area contributed by atoms with Crippen molar-refractivity contribution in [3.05, 3.63) is 40.4 Å². The number of aryl methyl sites for hydroxylation is 2. The van der Waals surface area contributed by atoms with Gasteiger partial charge in [-0.3, -0.25) is 14.2 Å². The van der Waals surface area contributed by atoms with E-state index < -0.39 is 0 Å². The monoisotopic (exact) mass is 294 g/mol. The number of hydrogen-bond donors (Lipinski definition) is 0. The van der Waals surface area contributed by atoms with Gasteiger partial charge in [0.25, 0.3) is 0 Å². The van der Waals surface area contributed by atoms with Gasteiger partial charge in [0, 0.05) is 20.3 Å². The minimum atomic E-state index is -0.0851. The van der Waals surface area contributed by atoms with E-state index in [1.807, 2.05) is 7.05 Å². The number of rotatable bonds is 3. The zero-order chi connectivity index (χ0) is 12.4. The van der Waals surface area contributed by atoms with E-state index in [4.69, 9.17) is 0 Å². The molecule has 5 nitrogen and oxygen atoms in total. The number of hydrogen-bond acceptors (Lipinski definition) is 3. The number of carbonyl (C=O) groups excluding carboxylic acids is 1. The topological polar surface area (TPSA) is 52.7 Å². The summed E-state index contributed by atoms with van der Waals surface area (Å²) < 4.78 is 4.09. The maximum Gasteiger partial charge on any atom is 0.203 e. The summed E-state index contributed by atoms with van der Waals surface area (Å²) in [5.41, 5.74) is 1.40. The first-order valence-corrected chi connectivity index (χ1v) is 5.77. The highest BCUT2D eigenvalue weighted by atomic mass is 79.9. The lowest BCUT2D eigenvalue weighted by molar-refractivity contribution is 0.103. The molecule has 0 aliphatic heterocycles. The molecular formula is C11H11BrN4O. The van der Waals surface area contributed by atoms with Crippen molar-refractivity contribution in [2.45, 2.75) is 0 Å². The van der Waals surface area contributed by atoms with Crippen molar-refractivity contribution in [2.24, 2.45) is 14.1 Å². The van der Waals surface area contributed by atoms with E-state index >= 15 is 0 Å². The van der Waals surface area contributed by atoms with Crippen LogP contribution in [0.25, 0.3) is 6.08 Å². The van der Waals surface area contributed by atoms with Gasteiger partial charge in [-0.25, -0.2) is 0 Å². The van der Waals surface area contributed by atoms with Crippen LogP contribution >= 0.6 is 15.9 Å². The Kier molecular flexibility index (Phi) is 3.23. The molecule has 0 aromatic carbocycles. The van der Waals surface area contributed by atoms with Gasteiger partial charge in [-0.2, -0.15) is 10.2 Å². The fourth-order valence-corrected chi connectivity index (χ4v) is 1.94. The first kappa shape index (κ1) is 11.8. The van der Waals surface area contributed by atoms with Crippen LogP contribution in [0.15, 0.2) is 29.0 Å². The zero-order valence-corrected chi connectivity index (χ0v) is 11.0. The van der Waals surface area contributed by atoms with Crippen LogP contribution in [0.5, 0.6) is 0 Å². The smallest absolute Gasteiger partial charge is 0.203 e. The van der Waals surface area contributed by atoms with Crippen molar-refractivity contribution in [1.82, 2.24) is 19.6 Å². The predicted octanol–water partition coefficient (Wildman–Crippen LogP) is 1.81. The SMILES string of the molecule is Cn1nccc1C(=O)/C=C/c1c(Br)cnn1C. The van der Waals surface area contributed by atoms with Gasteiger partial charge in [-0.05, 0) is 34.1 Å². The van der Waals surface area contributed by atoms with Gasteiger partial charge < -0.3 is 0 Å². The number of ketones is 1. The van der Waals surface area contributed by atoms with E-state index in [-0.39, 0.29) is 5.78 Å². The fraction of sp³-hybridized carbons (Fsp3) is 0.182. The molecule has 2 rings (SSSR count). The quantitative estimate of drug-likeness (QED) is 0.641. The molecule has 0 saturated heterocycles. The van der Waals surface area contributed by atoms with Crippen molar-refractivity contribution in [3.8, 4) is 0 Å². The maximum atomic E-state index is 11.9. The fourth-order valence-electron chi connectivity index (χ4n) is 1.46. The summed E-state index contributed by atoms with van der Waals surface area (Å²) >= 11 is 3.37. The normalized spacial score (nSPS) is 11.2. The molecule has 88 valence electrons. The van der Waals surface area contributed by atoms with E-state index in [0.29, 0.717) is 5.69 Å². The average Bonchev–Trinajstić information content (AvgIpc) is 2.84. The van der Waals surface area contributed by atoms with Gasteiger partial charge in [0.05, 0.1) is 16.4 Å². The molecule has 0 aliphatic carbocycles. The lowest BCUT2D eigenvalue weighted by Gasteiger charge is -1.97. The lowest BCUT2D eigenvalue weighted by atomic mass is 10.2. The molecule has 0 atom stereocenters. The summed E-state index contributed by atoms with van der Waals surface area (Å²) in [7, 11) is 3.56. The first-order chi connectivity index (χ1) is 8.09. The third-order valence-electron chi connectivity index (χ3n) is 2.40. The molecule has 0 amide bonds. The van der Waals surface area contributed by atoms with Crippen LogP contribution in [-0.2, 0) is 14.1 Å². The maximum absolute atomic E-state index is 11.9. The molecular weight excluding hydrogens is 284 g/mol. The van der Waals surface area contributed by atoms with E-state index in [9.17, 15) is 4.79 Å². The van der Waals surface area contributed by atoms with Crippen LogP contribution in [0.2, 0.25) is 0 Å². The second-order valence-corrected chi connectivity index (χ2v) is 4.39. The van der Waals surface area contributed by atoms with Crippen molar-refractivity contribution in [1.29, 1.82) is 0 Å². The molecule has 2 heterocycles. The first-order valence-electron chi connectivity index (χ1n) is 4.97.